The van der Waals surface area contributed by atoms with Crippen molar-refractivity contribution in [2.45, 2.75) is 50.6 Å². The van der Waals surface area contributed by atoms with Crippen LogP contribution in [0.4, 0.5) is 0 Å². The first-order valence-corrected chi connectivity index (χ1v) is 12.1. The molecule has 0 fully saturated rings. The Labute approximate surface area is 192 Å². The minimum absolute atomic E-state index is 0.0955. The fourth-order valence-electron chi connectivity index (χ4n) is 3.27. The van der Waals surface area contributed by atoms with Gasteiger partial charge in [0.15, 0.2) is 5.16 Å². The van der Waals surface area contributed by atoms with Gasteiger partial charge in [-0.3, -0.25) is 14.2 Å². The number of nitrogens with zero attached hydrogens (tertiary/aromatic N) is 2. The van der Waals surface area contributed by atoms with Crippen molar-refractivity contribution < 1.29 is 4.79 Å². The molecule has 0 bridgehead atoms. The Hall–Kier alpha value is -2.31. The topological polar surface area (TPSA) is 64.0 Å². The first kappa shape index (κ1) is 23.4. The number of rotatable bonds is 11. The summed E-state index contributed by atoms with van der Waals surface area (Å²) in [6.07, 6.45) is 5.54. The number of para-hydroxylation sites is 1. The summed E-state index contributed by atoms with van der Waals surface area (Å²) >= 11 is 7.56. The Morgan fingerprint density at radius 2 is 1.84 bits per heavy atom. The largest absolute Gasteiger partial charge is 0.356 e. The first-order valence-electron chi connectivity index (χ1n) is 10.8. The van der Waals surface area contributed by atoms with Crippen LogP contribution in [0.2, 0.25) is 5.02 Å². The highest BCUT2D eigenvalue weighted by molar-refractivity contribution is 7.99. The Balaban J connectivity index is 1.66. The Kier molecular flexibility index (Phi) is 8.98. The molecule has 1 N–H and O–H groups in total. The van der Waals surface area contributed by atoms with Crippen molar-refractivity contribution in [3.05, 3.63) is 63.9 Å². The van der Waals surface area contributed by atoms with Gasteiger partial charge in [0.2, 0.25) is 5.91 Å². The first-order chi connectivity index (χ1) is 15.1. The number of fused-ring (bicyclic) bond motifs is 1. The zero-order chi connectivity index (χ0) is 22.1. The van der Waals surface area contributed by atoms with Crippen LogP contribution in [-0.4, -0.2) is 27.8 Å². The summed E-state index contributed by atoms with van der Waals surface area (Å²) < 4.78 is 1.64. The van der Waals surface area contributed by atoms with Crippen LogP contribution >= 0.6 is 23.4 Å². The number of benzene rings is 2. The fourth-order valence-corrected chi connectivity index (χ4v) is 4.41. The number of carbonyl (C=O) groups excluding carboxylic acids is 1. The predicted molar refractivity (Wildman–Crippen MR) is 129 cm³/mol. The second kappa shape index (κ2) is 11.9. The van der Waals surface area contributed by atoms with Crippen molar-refractivity contribution in [1.29, 1.82) is 0 Å². The molecule has 31 heavy (non-hydrogen) atoms. The van der Waals surface area contributed by atoms with Gasteiger partial charge in [-0.05, 0) is 55.7 Å². The van der Waals surface area contributed by atoms with Gasteiger partial charge in [0.05, 0.1) is 16.6 Å². The minimum Gasteiger partial charge on any atom is -0.356 e. The maximum atomic E-state index is 13.2. The van der Waals surface area contributed by atoms with E-state index in [9.17, 15) is 9.59 Å². The van der Waals surface area contributed by atoms with Crippen LogP contribution in [0.3, 0.4) is 0 Å². The van der Waals surface area contributed by atoms with Crippen molar-refractivity contribution in [3.8, 4) is 5.69 Å². The molecule has 0 aliphatic rings. The molecular formula is C24H28ClN3O2S. The molecule has 1 amide bonds. The van der Waals surface area contributed by atoms with Crippen molar-refractivity contribution in [2.75, 3.05) is 12.3 Å². The predicted octanol–water partition coefficient (Wildman–Crippen LogP) is 5.61. The van der Waals surface area contributed by atoms with E-state index in [2.05, 4.69) is 12.2 Å². The molecule has 5 nitrogen and oxygen atoms in total. The molecule has 7 heteroatoms. The van der Waals surface area contributed by atoms with E-state index in [1.807, 2.05) is 30.3 Å². The lowest BCUT2D eigenvalue weighted by Gasteiger charge is -2.13. The van der Waals surface area contributed by atoms with E-state index in [-0.39, 0.29) is 11.5 Å². The standard InChI is InChI=1S/C24H28ClN3O2S/c1-2-3-7-16-26-22(29)11-6-8-17-31-24-27-21-10-5-4-9-20(21)23(30)28(24)19-14-12-18(25)13-15-19/h4-5,9-10,12-15H,2-3,6-8,11,16-17H2,1H3,(H,26,29). The Bertz CT molecular complexity index is 1070. The van der Waals surface area contributed by atoms with E-state index in [0.717, 1.165) is 50.1 Å². The van der Waals surface area contributed by atoms with Crippen LogP contribution in [0.1, 0.15) is 45.4 Å². The van der Waals surface area contributed by atoms with E-state index >= 15 is 0 Å². The lowest BCUT2D eigenvalue weighted by atomic mass is 10.2. The van der Waals surface area contributed by atoms with Crippen LogP contribution in [0.15, 0.2) is 58.5 Å². The van der Waals surface area contributed by atoms with Crippen molar-refractivity contribution in [3.63, 3.8) is 0 Å². The summed E-state index contributed by atoms with van der Waals surface area (Å²) in [5, 5.41) is 4.83. The van der Waals surface area contributed by atoms with Crippen LogP contribution in [-0.2, 0) is 4.79 Å². The van der Waals surface area contributed by atoms with Gasteiger partial charge in [0.1, 0.15) is 0 Å². The Morgan fingerprint density at radius 1 is 1.06 bits per heavy atom. The van der Waals surface area contributed by atoms with Gasteiger partial charge in [0.25, 0.3) is 5.56 Å². The molecule has 1 heterocycles. The lowest BCUT2D eigenvalue weighted by molar-refractivity contribution is -0.121. The average molecular weight is 458 g/mol. The van der Waals surface area contributed by atoms with Gasteiger partial charge >= 0.3 is 0 Å². The number of halogens is 1. The van der Waals surface area contributed by atoms with Gasteiger partial charge in [-0.1, -0.05) is 55.3 Å². The quantitative estimate of drug-likeness (QED) is 0.231. The molecule has 2 aromatic carbocycles. The normalized spacial score (nSPS) is 11.0. The summed E-state index contributed by atoms with van der Waals surface area (Å²) in [6.45, 7) is 2.91. The molecule has 0 radical (unpaired) electrons. The number of hydrogen-bond acceptors (Lipinski definition) is 4. The molecule has 0 saturated carbocycles. The lowest BCUT2D eigenvalue weighted by Crippen LogP contribution is -2.24. The number of aromatic nitrogens is 2. The second-order valence-corrected chi connectivity index (χ2v) is 8.89. The number of nitrogens with one attached hydrogen (secondary N) is 1. The third-order valence-electron chi connectivity index (χ3n) is 4.96. The highest BCUT2D eigenvalue weighted by Gasteiger charge is 2.13. The van der Waals surface area contributed by atoms with Crippen LogP contribution in [0.5, 0.6) is 0 Å². The van der Waals surface area contributed by atoms with E-state index in [1.54, 1.807) is 22.8 Å². The van der Waals surface area contributed by atoms with Crippen molar-refractivity contribution in [2.24, 2.45) is 0 Å². The monoisotopic (exact) mass is 457 g/mol. The zero-order valence-corrected chi connectivity index (χ0v) is 19.3. The van der Waals surface area contributed by atoms with Crippen LogP contribution in [0.25, 0.3) is 16.6 Å². The highest BCUT2D eigenvalue weighted by Crippen LogP contribution is 2.23. The molecule has 164 valence electrons. The fraction of sp³-hybridized carbons (Fsp3) is 0.375. The number of amides is 1. The van der Waals surface area contributed by atoms with Gasteiger partial charge in [-0.25, -0.2) is 4.98 Å². The van der Waals surface area contributed by atoms with Crippen molar-refractivity contribution in [1.82, 2.24) is 14.9 Å². The summed E-state index contributed by atoms with van der Waals surface area (Å²) in [5.74, 6) is 0.893. The van der Waals surface area contributed by atoms with Gasteiger partial charge in [0, 0.05) is 23.7 Å². The van der Waals surface area contributed by atoms with Gasteiger partial charge < -0.3 is 5.32 Å². The van der Waals surface area contributed by atoms with Gasteiger partial charge in [-0.15, -0.1) is 0 Å². The molecule has 0 aliphatic heterocycles. The maximum absolute atomic E-state index is 13.2. The molecular weight excluding hydrogens is 430 g/mol. The second-order valence-electron chi connectivity index (χ2n) is 7.39. The number of thioether (sulfide) groups is 1. The van der Waals surface area contributed by atoms with Crippen LogP contribution < -0.4 is 10.9 Å². The third kappa shape index (κ3) is 6.58. The third-order valence-corrected chi connectivity index (χ3v) is 6.24. The minimum atomic E-state index is -0.0955. The summed E-state index contributed by atoms with van der Waals surface area (Å²) in [6, 6.07) is 14.6. The summed E-state index contributed by atoms with van der Waals surface area (Å²) in [5.41, 5.74) is 1.33. The molecule has 0 saturated heterocycles. The molecule has 0 atom stereocenters. The Morgan fingerprint density at radius 3 is 2.61 bits per heavy atom. The molecule has 3 rings (SSSR count). The van der Waals surface area contributed by atoms with Crippen LogP contribution in [0, 0.1) is 0 Å². The zero-order valence-electron chi connectivity index (χ0n) is 17.8. The molecule has 1 aromatic heterocycles. The van der Waals surface area contributed by atoms with Gasteiger partial charge in [-0.2, -0.15) is 0 Å². The molecule has 3 aromatic rings. The highest BCUT2D eigenvalue weighted by atomic mass is 35.5. The SMILES string of the molecule is CCCCCNC(=O)CCCCSc1nc2ccccc2c(=O)n1-c1ccc(Cl)cc1. The number of carbonyl (C=O) groups is 1. The summed E-state index contributed by atoms with van der Waals surface area (Å²) in [4.78, 5) is 29.8. The van der Waals surface area contributed by atoms with E-state index < -0.39 is 0 Å². The summed E-state index contributed by atoms with van der Waals surface area (Å²) in [7, 11) is 0. The molecule has 0 unspecified atom stereocenters. The van der Waals surface area contributed by atoms with Crippen molar-refractivity contribution >= 4 is 40.2 Å². The maximum Gasteiger partial charge on any atom is 0.266 e. The molecule has 0 aliphatic carbocycles. The van der Waals surface area contributed by atoms with E-state index in [4.69, 9.17) is 16.6 Å². The molecule has 0 spiro atoms. The van der Waals surface area contributed by atoms with E-state index in [1.165, 1.54) is 11.8 Å². The average Bonchev–Trinajstić information content (AvgIpc) is 2.78. The number of hydrogen-bond donors (Lipinski definition) is 1. The van der Waals surface area contributed by atoms with E-state index in [0.29, 0.717) is 27.5 Å². The smallest absolute Gasteiger partial charge is 0.266 e. The number of unbranched alkanes of at least 4 members (excludes halogenated alkanes) is 3.